The molecule has 0 atom stereocenters. The lowest BCUT2D eigenvalue weighted by Crippen LogP contribution is -2.48. The van der Waals surface area contributed by atoms with Gasteiger partial charge in [-0.1, -0.05) is 20.4 Å². The van der Waals surface area contributed by atoms with E-state index in [0.717, 1.165) is 32.7 Å². The Hall–Kier alpha value is -0.870. The second-order valence-electron chi connectivity index (χ2n) is 5.29. The summed E-state index contributed by atoms with van der Waals surface area (Å²) < 4.78 is 4.94. The number of carbonyl (C=O) groups is 1. The smallest absolute Gasteiger partial charge is 0.334 e. The fourth-order valence-corrected chi connectivity index (χ4v) is 2.21. The number of rotatable bonds is 6. The zero-order chi connectivity index (χ0) is 13.5. The molecule has 0 amide bonds. The highest BCUT2D eigenvalue weighted by Crippen LogP contribution is 2.07. The summed E-state index contributed by atoms with van der Waals surface area (Å²) in [6.45, 7) is 16.5. The summed E-state index contributed by atoms with van der Waals surface area (Å²) in [7, 11) is 0. The van der Waals surface area contributed by atoms with Gasteiger partial charge in [-0.15, -0.1) is 0 Å². The van der Waals surface area contributed by atoms with Crippen LogP contribution in [0.25, 0.3) is 0 Å². The molecule has 18 heavy (non-hydrogen) atoms. The molecule has 1 aliphatic rings. The average molecular weight is 254 g/mol. The molecule has 0 spiro atoms. The van der Waals surface area contributed by atoms with Crippen molar-refractivity contribution in [2.24, 2.45) is 5.92 Å². The minimum atomic E-state index is -0.262. The Morgan fingerprint density at radius 3 is 2.28 bits per heavy atom. The first-order chi connectivity index (χ1) is 8.52. The Kier molecular flexibility index (Phi) is 6.36. The van der Waals surface area contributed by atoms with Crippen LogP contribution in [0.3, 0.4) is 0 Å². The predicted molar refractivity (Wildman–Crippen MR) is 73.5 cm³/mol. The van der Waals surface area contributed by atoms with Crippen molar-refractivity contribution in [1.29, 1.82) is 0 Å². The third kappa shape index (κ3) is 5.19. The Bertz CT molecular complexity index is 282. The van der Waals surface area contributed by atoms with E-state index in [1.54, 1.807) is 0 Å². The van der Waals surface area contributed by atoms with Gasteiger partial charge in [0.15, 0.2) is 0 Å². The zero-order valence-corrected chi connectivity index (χ0v) is 11.9. The van der Waals surface area contributed by atoms with Gasteiger partial charge in [0, 0.05) is 44.8 Å². The maximum absolute atomic E-state index is 11.5. The van der Waals surface area contributed by atoms with Gasteiger partial charge < -0.3 is 9.64 Å². The van der Waals surface area contributed by atoms with Gasteiger partial charge in [-0.3, -0.25) is 4.90 Å². The van der Waals surface area contributed by atoms with E-state index in [9.17, 15) is 4.79 Å². The molecule has 0 unspecified atom stereocenters. The SMILES string of the molecule is C=C(CN1CCN(CC(C)C)CC1)C(=O)OCC. The van der Waals surface area contributed by atoms with E-state index in [2.05, 4.69) is 30.2 Å². The fraction of sp³-hybridized carbons (Fsp3) is 0.786. The summed E-state index contributed by atoms with van der Waals surface area (Å²) in [4.78, 5) is 16.2. The molecule has 0 aromatic rings. The van der Waals surface area contributed by atoms with E-state index < -0.39 is 0 Å². The molecule has 0 N–H and O–H groups in total. The van der Waals surface area contributed by atoms with Gasteiger partial charge in [-0.25, -0.2) is 4.79 Å². The highest BCUT2D eigenvalue weighted by atomic mass is 16.5. The van der Waals surface area contributed by atoms with Gasteiger partial charge in [-0.05, 0) is 12.8 Å². The normalized spacial score (nSPS) is 18.0. The van der Waals surface area contributed by atoms with Crippen molar-refractivity contribution in [2.75, 3.05) is 45.9 Å². The number of hydrogen-bond acceptors (Lipinski definition) is 4. The lowest BCUT2D eigenvalue weighted by Gasteiger charge is -2.35. The maximum Gasteiger partial charge on any atom is 0.334 e. The first-order valence-corrected chi connectivity index (χ1v) is 6.82. The van der Waals surface area contributed by atoms with Crippen LogP contribution in [0.15, 0.2) is 12.2 Å². The number of nitrogens with zero attached hydrogens (tertiary/aromatic N) is 2. The molecule has 1 fully saturated rings. The number of esters is 1. The average Bonchev–Trinajstić information content (AvgIpc) is 2.31. The molecule has 0 bridgehead atoms. The van der Waals surface area contributed by atoms with E-state index in [1.807, 2.05) is 6.92 Å². The van der Waals surface area contributed by atoms with Crippen LogP contribution in [0.5, 0.6) is 0 Å². The molecule has 0 aromatic heterocycles. The summed E-state index contributed by atoms with van der Waals surface area (Å²) >= 11 is 0. The van der Waals surface area contributed by atoms with Crippen molar-refractivity contribution >= 4 is 5.97 Å². The Balaban J connectivity index is 2.27. The number of carbonyl (C=O) groups excluding carboxylic acids is 1. The van der Waals surface area contributed by atoms with Crippen molar-refractivity contribution in [3.8, 4) is 0 Å². The molecule has 0 radical (unpaired) electrons. The maximum atomic E-state index is 11.5. The molecule has 1 saturated heterocycles. The third-order valence-corrected chi connectivity index (χ3v) is 3.07. The minimum Gasteiger partial charge on any atom is -0.463 e. The molecule has 0 aromatic carbocycles. The van der Waals surface area contributed by atoms with Crippen LogP contribution in [0.4, 0.5) is 0 Å². The standard InChI is InChI=1S/C14H26N2O2/c1-5-18-14(17)13(4)11-16-8-6-15(7-9-16)10-12(2)3/h12H,4-11H2,1-3H3. The van der Waals surface area contributed by atoms with Crippen LogP contribution >= 0.6 is 0 Å². The second-order valence-corrected chi connectivity index (χ2v) is 5.29. The van der Waals surface area contributed by atoms with E-state index in [1.165, 1.54) is 0 Å². The molecule has 0 aliphatic carbocycles. The Morgan fingerprint density at radius 2 is 1.78 bits per heavy atom. The van der Waals surface area contributed by atoms with Crippen molar-refractivity contribution in [3.05, 3.63) is 12.2 Å². The van der Waals surface area contributed by atoms with Crippen molar-refractivity contribution in [2.45, 2.75) is 20.8 Å². The largest absolute Gasteiger partial charge is 0.463 e. The number of piperazine rings is 1. The quantitative estimate of drug-likeness (QED) is 0.529. The predicted octanol–water partition coefficient (Wildman–Crippen LogP) is 1.38. The monoisotopic (exact) mass is 254 g/mol. The van der Waals surface area contributed by atoms with Gasteiger partial charge in [0.25, 0.3) is 0 Å². The third-order valence-electron chi connectivity index (χ3n) is 3.07. The molecular weight excluding hydrogens is 228 g/mol. The molecule has 1 aliphatic heterocycles. The van der Waals surface area contributed by atoms with E-state index >= 15 is 0 Å². The van der Waals surface area contributed by atoms with Crippen LogP contribution in [0.1, 0.15) is 20.8 Å². The molecule has 1 heterocycles. The van der Waals surface area contributed by atoms with Gasteiger partial charge in [0.2, 0.25) is 0 Å². The highest BCUT2D eigenvalue weighted by molar-refractivity contribution is 5.88. The van der Waals surface area contributed by atoms with Gasteiger partial charge >= 0.3 is 5.97 Å². The summed E-state index contributed by atoms with van der Waals surface area (Å²) in [5, 5.41) is 0. The number of hydrogen-bond donors (Lipinski definition) is 0. The molecule has 0 saturated carbocycles. The highest BCUT2D eigenvalue weighted by Gasteiger charge is 2.19. The van der Waals surface area contributed by atoms with Gasteiger partial charge in [0.05, 0.1) is 6.61 Å². The van der Waals surface area contributed by atoms with E-state index in [-0.39, 0.29) is 5.97 Å². The van der Waals surface area contributed by atoms with Crippen LogP contribution in [0.2, 0.25) is 0 Å². The Morgan fingerprint density at radius 1 is 1.22 bits per heavy atom. The first kappa shape index (κ1) is 15.2. The summed E-state index contributed by atoms with van der Waals surface area (Å²) in [6.07, 6.45) is 0. The van der Waals surface area contributed by atoms with Crippen LogP contribution in [0, 0.1) is 5.92 Å². The second kappa shape index (κ2) is 7.54. The van der Waals surface area contributed by atoms with E-state index in [4.69, 9.17) is 4.74 Å². The van der Waals surface area contributed by atoms with E-state index in [0.29, 0.717) is 24.6 Å². The van der Waals surface area contributed by atoms with Crippen LogP contribution in [-0.4, -0.2) is 61.6 Å². The molecular formula is C14H26N2O2. The molecule has 4 heteroatoms. The van der Waals surface area contributed by atoms with Crippen molar-refractivity contribution < 1.29 is 9.53 Å². The zero-order valence-electron chi connectivity index (χ0n) is 11.9. The topological polar surface area (TPSA) is 32.8 Å². The fourth-order valence-electron chi connectivity index (χ4n) is 2.21. The van der Waals surface area contributed by atoms with Gasteiger partial charge in [0.1, 0.15) is 0 Å². The Labute approximate surface area is 111 Å². The summed E-state index contributed by atoms with van der Waals surface area (Å²) in [6, 6.07) is 0. The van der Waals surface area contributed by atoms with Crippen molar-refractivity contribution in [3.63, 3.8) is 0 Å². The first-order valence-electron chi connectivity index (χ1n) is 6.82. The van der Waals surface area contributed by atoms with Crippen LogP contribution < -0.4 is 0 Å². The van der Waals surface area contributed by atoms with Gasteiger partial charge in [-0.2, -0.15) is 0 Å². The van der Waals surface area contributed by atoms with Crippen LogP contribution in [-0.2, 0) is 9.53 Å². The summed E-state index contributed by atoms with van der Waals surface area (Å²) in [5.74, 6) is 0.452. The lowest BCUT2D eigenvalue weighted by atomic mass is 10.2. The molecule has 104 valence electrons. The van der Waals surface area contributed by atoms with Crippen molar-refractivity contribution in [1.82, 2.24) is 9.80 Å². The lowest BCUT2D eigenvalue weighted by molar-refractivity contribution is -0.138. The molecule has 4 nitrogen and oxygen atoms in total. The summed E-state index contributed by atoms with van der Waals surface area (Å²) in [5.41, 5.74) is 0.564. The minimum absolute atomic E-state index is 0.262. The molecule has 1 rings (SSSR count). The number of ether oxygens (including phenoxy) is 1.